The molecule has 1 aromatic heterocycles. The van der Waals surface area contributed by atoms with Crippen molar-refractivity contribution < 1.29 is 0 Å². The first kappa shape index (κ1) is 20.3. The molecule has 0 spiro atoms. The lowest BCUT2D eigenvalue weighted by atomic mass is 10.2. The van der Waals surface area contributed by atoms with Crippen LogP contribution in [-0.4, -0.2) is 37.1 Å². The molecule has 25 heavy (non-hydrogen) atoms. The maximum Gasteiger partial charge on any atom is 0.191 e. The van der Waals surface area contributed by atoms with Gasteiger partial charge >= 0.3 is 0 Å². The molecule has 1 aliphatic heterocycles. The molecular weight excluding hydrogens is 425 g/mol. The quantitative estimate of drug-likeness (QED) is 0.390. The first-order chi connectivity index (χ1) is 11.8. The van der Waals surface area contributed by atoms with Gasteiger partial charge in [-0.05, 0) is 56.2 Å². The summed E-state index contributed by atoms with van der Waals surface area (Å²) in [7, 11) is 0. The van der Waals surface area contributed by atoms with Crippen LogP contribution in [0.1, 0.15) is 51.0 Å². The lowest BCUT2D eigenvalue weighted by molar-refractivity contribution is 0.726. The van der Waals surface area contributed by atoms with Crippen LogP contribution in [0.15, 0.2) is 23.3 Å². The summed E-state index contributed by atoms with van der Waals surface area (Å²) in [6.07, 6.45) is 9.89. The van der Waals surface area contributed by atoms with Gasteiger partial charge in [-0.15, -0.1) is 24.0 Å². The molecule has 1 saturated heterocycles. The second kappa shape index (κ2) is 10.8. The van der Waals surface area contributed by atoms with Crippen molar-refractivity contribution >= 4 is 35.8 Å². The lowest BCUT2D eigenvalue weighted by Gasteiger charge is -2.21. The molecule has 0 amide bonds. The van der Waals surface area contributed by atoms with Crippen LogP contribution >= 0.6 is 24.0 Å². The fourth-order valence-corrected chi connectivity index (χ4v) is 3.11. The molecule has 1 saturated carbocycles. The Bertz CT molecular complexity index is 536. The average molecular weight is 457 g/mol. The summed E-state index contributed by atoms with van der Waals surface area (Å²) >= 11 is 0. The number of anilines is 1. The Morgan fingerprint density at radius 3 is 2.64 bits per heavy atom. The molecule has 2 fully saturated rings. The molecule has 5 nitrogen and oxygen atoms in total. The topological polar surface area (TPSA) is 52.6 Å². The van der Waals surface area contributed by atoms with E-state index in [-0.39, 0.29) is 24.0 Å². The molecule has 2 N–H and O–H groups in total. The number of aromatic nitrogens is 1. The van der Waals surface area contributed by atoms with Gasteiger partial charge in [-0.2, -0.15) is 0 Å². The Hall–Kier alpha value is -1.05. The molecule has 140 valence electrons. The third-order valence-corrected chi connectivity index (χ3v) is 4.76. The number of halogens is 1. The Kier molecular flexibility index (Phi) is 8.78. The highest BCUT2D eigenvalue weighted by molar-refractivity contribution is 14.0. The van der Waals surface area contributed by atoms with Gasteiger partial charge in [0.05, 0.1) is 6.54 Å². The monoisotopic (exact) mass is 457 g/mol. The molecule has 0 unspecified atom stereocenters. The molecule has 1 aliphatic carbocycles. The van der Waals surface area contributed by atoms with Crippen molar-refractivity contribution in [3.05, 3.63) is 23.9 Å². The van der Waals surface area contributed by atoms with Gasteiger partial charge in [-0.25, -0.2) is 9.98 Å². The van der Waals surface area contributed by atoms with Gasteiger partial charge in [0, 0.05) is 32.4 Å². The Morgan fingerprint density at radius 2 is 1.96 bits per heavy atom. The van der Waals surface area contributed by atoms with Crippen molar-refractivity contribution in [2.75, 3.05) is 31.1 Å². The average Bonchev–Trinajstić information content (AvgIpc) is 3.44. The highest BCUT2D eigenvalue weighted by Crippen LogP contribution is 2.27. The first-order valence-corrected chi connectivity index (χ1v) is 9.57. The zero-order valence-electron chi connectivity index (χ0n) is 15.3. The van der Waals surface area contributed by atoms with Gasteiger partial charge in [0.1, 0.15) is 5.82 Å². The third-order valence-electron chi connectivity index (χ3n) is 4.76. The van der Waals surface area contributed by atoms with Gasteiger partial charge in [-0.3, -0.25) is 0 Å². The molecule has 3 rings (SSSR count). The van der Waals surface area contributed by atoms with Gasteiger partial charge in [-0.1, -0.05) is 12.8 Å². The number of pyridine rings is 1. The van der Waals surface area contributed by atoms with Crippen molar-refractivity contribution in [3.8, 4) is 0 Å². The van der Waals surface area contributed by atoms with E-state index in [2.05, 4.69) is 39.6 Å². The first-order valence-electron chi connectivity index (χ1n) is 9.57. The van der Waals surface area contributed by atoms with E-state index in [4.69, 9.17) is 4.99 Å². The SMILES string of the molecule is CCNC(=NCc1ccnc(N2CCCCCC2)c1)NCC1CC1.I. The van der Waals surface area contributed by atoms with Crippen molar-refractivity contribution in [1.29, 1.82) is 0 Å². The molecule has 2 heterocycles. The number of aliphatic imine (C=N–C) groups is 1. The normalized spacial score (nSPS) is 18.3. The van der Waals surface area contributed by atoms with E-state index in [1.807, 2.05) is 6.20 Å². The van der Waals surface area contributed by atoms with Gasteiger partial charge in [0.2, 0.25) is 0 Å². The summed E-state index contributed by atoms with van der Waals surface area (Å²) < 4.78 is 0. The molecule has 6 heteroatoms. The summed E-state index contributed by atoms with van der Waals surface area (Å²) in [6, 6.07) is 4.29. The van der Waals surface area contributed by atoms with Gasteiger partial charge in [0.25, 0.3) is 0 Å². The summed E-state index contributed by atoms with van der Waals surface area (Å²) in [6.45, 7) is 7.01. The van der Waals surface area contributed by atoms with Gasteiger partial charge in [0.15, 0.2) is 5.96 Å². The highest BCUT2D eigenvalue weighted by Gasteiger charge is 2.21. The fraction of sp³-hybridized carbons (Fsp3) is 0.684. The minimum atomic E-state index is 0. The number of hydrogen-bond acceptors (Lipinski definition) is 3. The van der Waals surface area contributed by atoms with Crippen LogP contribution in [-0.2, 0) is 6.54 Å². The highest BCUT2D eigenvalue weighted by atomic mass is 127. The predicted octanol–water partition coefficient (Wildman–Crippen LogP) is 3.55. The van der Waals surface area contributed by atoms with E-state index in [1.54, 1.807) is 0 Å². The predicted molar refractivity (Wildman–Crippen MR) is 116 cm³/mol. The molecule has 1 aromatic rings. The van der Waals surface area contributed by atoms with E-state index in [0.29, 0.717) is 6.54 Å². The Labute approximate surface area is 169 Å². The lowest BCUT2D eigenvalue weighted by Crippen LogP contribution is -2.38. The molecular formula is C19H32IN5. The van der Waals surface area contributed by atoms with Crippen LogP contribution in [0.3, 0.4) is 0 Å². The van der Waals surface area contributed by atoms with Crippen molar-refractivity contribution in [2.45, 2.75) is 52.0 Å². The van der Waals surface area contributed by atoms with E-state index >= 15 is 0 Å². The third kappa shape index (κ3) is 6.99. The molecule has 0 atom stereocenters. The van der Waals surface area contributed by atoms with Gasteiger partial charge < -0.3 is 15.5 Å². The summed E-state index contributed by atoms with van der Waals surface area (Å²) in [5.74, 6) is 2.89. The minimum absolute atomic E-state index is 0. The summed E-state index contributed by atoms with van der Waals surface area (Å²) in [5.41, 5.74) is 1.23. The fourth-order valence-electron chi connectivity index (χ4n) is 3.11. The van der Waals surface area contributed by atoms with Crippen molar-refractivity contribution in [2.24, 2.45) is 10.9 Å². The zero-order valence-corrected chi connectivity index (χ0v) is 17.7. The van der Waals surface area contributed by atoms with E-state index in [9.17, 15) is 0 Å². The molecule has 2 aliphatic rings. The van der Waals surface area contributed by atoms with E-state index < -0.39 is 0 Å². The van der Waals surface area contributed by atoms with E-state index in [1.165, 1.54) is 44.1 Å². The largest absolute Gasteiger partial charge is 0.357 e. The molecule has 0 aromatic carbocycles. The second-order valence-electron chi connectivity index (χ2n) is 6.94. The minimum Gasteiger partial charge on any atom is -0.357 e. The smallest absolute Gasteiger partial charge is 0.191 e. The Balaban J connectivity index is 0.00000225. The standard InChI is InChI=1S/C19H31N5.HI/c1-2-20-19(22-14-16-7-8-16)23-15-17-9-10-21-18(13-17)24-11-5-3-4-6-12-24;/h9-10,13,16H,2-8,11-12,14-15H2,1H3,(H2,20,22,23);1H. The number of hydrogen-bond donors (Lipinski definition) is 2. The van der Waals surface area contributed by atoms with Crippen LogP contribution in [0.25, 0.3) is 0 Å². The second-order valence-corrected chi connectivity index (χ2v) is 6.94. The van der Waals surface area contributed by atoms with Crippen LogP contribution < -0.4 is 15.5 Å². The maximum absolute atomic E-state index is 4.74. The summed E-state index contributed by atoms with van der Waals surface area (Å²) in [4.78, 5) is 11.7. The van der Waals surface area contributed by atoms with E-state index in [0.717, 1.165) is 43.9 Å². The maximum atomic E-state index is 4.74. The van der Waals surface area contributed by atoms with Crippen LogP contribution in [0.2, 0.25) is 0 Å². The van der Waals surface area contributed by atoms with Crippen molar-refractivity contribution in [1.82, 2.24) is 15.6 Å². The number of nitrogens with one attached hydrogen (secondary N) is 2. The summed E-state index contributed by atoms with van der Waals surface area (Å²) in [5, 5.41) is 6.79. The Morgan fingerprint density at radius 1 is 1.20 bits per heavy atom. The molecule has 0 bridgehead atoms. The van der Waals surface area contributed by atoms with Crippen LogP contribution in [0, 0.1) is 5.92 Å². The number of nitrogens with zero attached hydrogens (tertiary/aromatic N) is 3. The van der Waals surface area contributed by atoms with Crippen molar-refractivity contribution in [3.63, 3.8) is 0 Å². The van der Waals surface area contributed by atoms with Crippen LogP contribution in [0.5, 0.6) is 0 Å². The molecule has 0 radical (unpaired) electrons. The number of guanidine groups is 1. The number of rotatable bonds is 6. The van der Waals surface area contributed by atoms with Crippen LogP contribution in [0.4, 0.5) is 5.82 Å². The zero-order chi connectivity index (χ0) is 16.6.